The van der Waals surface area contributed by atoms with Crippen molar-refractivity contribution in [3.05, 3.63) is 30.1 Å². The van der Waals surface area contributed by atoms with Crippen molar-refractivity contribution in [2.24, 2.45) is 0 Å². The number of aromatic nitrogens is 1. The van der Waals surface area contributed by atoms with E-state index in [-0.39, 0.29) is 5.91 Å². The summed E-state index contributed by atoms with van der Waals surface area (Å²) in [5.74, 6) is 2.24. The van der Waals surface area contributed by atoms with Crippen molar-refractivity contribution in [2.45, 2.75) is 0 Å². The van der Waals surface area contributed by atoms with Gasteiger partial charge in [0.25, 0.3) is 5.91 Å². The number of carbonyl (C=O) groups is 1. The number of carbonyl (C=O) groups excluding carboxylic acids is 1. The highest BCUT2D eigenvalue weighted by Crippen LogP contribution is 2.12. The van der Waals surface area contributed by atoms with Crippen LogP contribution >= 0.6 is 11.8 Å². The van der Waals surface area contributed by atoms with Gasteiger partial charge >= 0.3 is 0 Å². The molecule has 1 aromatic rings. The Morgan fingerprint density at radius 2 is 1.93 bits per heavy atom. The van der Waals surface area contributed by atoms with E-state index in [0.29, 0.717) is 0 Å². The minimum Gasteiger partial charge on any atom is -0.337 e. The Bertz CT molecular complexity index is 309. The van der Waals surface area contributed by atoms with Crippen molar-refractivity contribution in [1.82, 2.24) is 9.88 Å². The molecule has 0 radical (unpaired) electrons. The van der Waals surface area contributed by atoms with E-state index < -0.39 is 0 Å². The molecule has 0 aromatic carbocycles. The van der Waals surface area contributed by atoms with Crippen molar-refractivity contribution < 1.29 is 4.79 Å². The molecule has 0 unspecified atom stereocenters. The van der Waals surface area contributed by atoms with Crippen LogP contribution in [-0.2, 0) is 0 Å². The van der Waals surface area contributed by atoms with Crippen LogP contribution in [0.5, 0.6) is 0 Å². The molecule has 0 atom stereocenters. The Morgan fingerprint density at radius 3 is 2.57 bits per heavy atom. The highest BCUT2D eigenvalue weighted by Gasteiger charge is 2.17. The molecule has 1 saturated heterocycles. The fourth-order valence-electron chi connectivity index (χ4n) is 1.44. The molecule has 0 aliphatic carbocycles. The lowest BCUT2D eigenvalue weighted by molar-refractivity contribution is 0.0772. The van der Waals surface area contributed by atoms with E-state index in [1.165, 1.54) is 0 Å². The van der Waals surface area contributed by atoms with Gasteiger partial charge in [-0.2, -0.15) is 11.8 Å². The number of thioether (sulfide) groups is 1. The average molecular weight is 208 g/mol. The van der Waals surface area contributed by atoms with Gasteiger partial charge in [0.1, 0.15) is 0 Å². The third-order valence-electron chi connectivity index (χ3n) is 2.23. The molecule has 2 rings (SSSR count). The van der Waals surface area contributed by atoms with Gasteiger partial charge in [-0.05, 0) is 12.1 Å². The van der Waals surface area contributed by atoms with E-state index in [1.807, 2.05) is 16.7 Å². The van der Waals surface area contributed by atoms with Crippen LogP contribution < -0.4 is 0 Å². The predicted octanol–water partition coefficient (Wildman–Crippen LogP) is 1.27. The lowest BCUT2D eigenvalue weighted by Gasteiger charge is -2.26. The van der Waals surface area contributed by atoms with Crippen molar-refractivity contribution in [2.75, 3.05) is 24.6 Å². The lowest BCUT2D eigenvalue weighted by Crippen LogP contribution is -2.37. The van der Waals surface area contributed by atoms with E-state index in [0.717, 1.165) is 30.2 Å². The zero-order valence-electron chi connectivity index (χ0n) is 7.85. The van der Waals surface area contributed by atoms with Crippen molar-refractivity contribution in [1.29, 1.82) is 0 Å². The van der Waals surface area contributed by atoms with E-state index in [1.54, 1.807) is 24.5 Å². The van der Waals surface area contributed by atoms with Gasteiger partial charge in [-0.1, -0.05) is 0 Å². The quantitative estimate of drug-likeness (QED) is 0.697. The summed E-state index contributed by atoms with van der Waals surface area (Å²) in [5.41, 5.74) is 0.743. The van der Waals surface area contributed by atoms with Crippen LogP contribution in [-0.4, -0.2) is 40.4 Å². The molecule has 0 saturated carbocycles. The third kappa shape index (κ3) is 2.07. The Labute approximate surface area is 87.5 Å². The fraction of sp³-hybridized carbons (Fsp3) is 0.400. The number of amides is 1. The van der Waals surface area contributed by atoms with Gasteiger partial charge in [-0.25, -0.2) is 0 Å². The van der Waals surface area contributed by atoms with Gasteiger partial charge in [-0.3, -0.25) is 9.78 Å². The maximum atomic E-state index is 11.9. The molecule has 14 heavy (non-hydrogen) atoms. The van der Waals surface area contributed by atoms with Gasteiger partial charge in [0, 0.05) is 42.6 Å². The van der Waals surface area contributed by atoms with Crippen LogP contribution in [0.1, 0.15) is 10.4 Å². The first-order valence-corrected chi connectivity index (χ1v) is 5.80. The summed E-state index contributed by atoms with van der Waals surface area (Å²) in [4.78, 5) is 17.7. The minimum absolute atomic E-state index is 0.132. The fourth-order valence-corrected chi connectivity index (χ4v) is 2.35. The highest BCUT2D eigenvalue weighted by molar-refractivity contribution is 7.99. The largest absolute Gasteiger partial charge is 0.337 e. The molecule has 2 heterocycles. The molecule has 1 aliphatic rings. The van der Waals surface area contributed by atoms with Crippen molar-refractivity contribution in [3.63, 3.8) is 0 Å². The lowest BCUT2D eigenvalue weighted by atomic mass is 10.2. The SMILES string of the molecule is O=C(c1ccncc1)N1CCSCC1. The Morgan fingerprint density at radius 1 is 1.29 bits per heavy atom. The summed E-state index contributed by atoms with van der Waals surface area (Å²) in [6, 6.07) is 3.54. The monoisotopic (exact) mass is 208 g/mol. The van der Waals surface area contributed by atoms with Gasteiger partial charge in [-0.15, -0.1) is 0 Å². The minimum atomic E-state index is 0.132. The molecule has 1 fully saturated rings. The first-order valence-electron chi connectivity index (χ1n) is 4.65. The zero-order valence-corrected chi connectivity index (χ0v) is 8.67. The molecule has 0 N–H and O–H groups in total. The summed E-state index contributed by atoms with van der Waals surface area (Å²) >= 11 is 1.91. The summed E-state index contributed by atoms with van der Waals surface area (Å²) in [7, 11) is 0. The van der Waals surface area contributed by atoms with Crippen molar-refractivity contribution in [3.8, 4) is 0 Å². The second-order valence-electron chi connectivity index (χ2n) is 3.14. The molecule has 0 bridgehead atoms. The van der Waals surface area contributed by atoms with Crippen LogP contribution in [0.25, 0.3) is 0 Å². The van der Waals surface area contributed by atoms with Crippen LogP contribution in [0, 0.1) is 0 Å². The molecule has 1 aliphatic heterocycles. The van der Waals surface area contributed by atoms with E-state index >= 15 is 0 Å². The molecule has 74 valence electrons. The topological polar surface area (TPSA) is 33.2 Å². The van der Waals surface area contributed by atoms with E-state index in [9.17, 15) is 4.79 Å². The predicted molar refractivity (Wildman–Crippen MR) is 57.5 cm³/mol. The maximum absolute atomic E-state index is 11.9. The Kier molecular flexibility index (Phi) is 3.03. The standard InChI is InChI=1S/C10H12N2OS/c13-10(9-1-3-11-4-2-9)12-5-7-14-8-6-12/h1-4H,5-8H2. The smallest absolute Gasteiger partial charge is 0.254 e. The van der Waals surface area contributed by atoms with Gasteiger partial charge < -0.3 is 4.90 Å². The first-order chi connectivity index (χ1) is 6.88. The van der Waals surface area contributed by atoms with Gasteiger partial charge in [0.15, 0.2) is 0 Å². The normalized spacial score (nSPS) is 16.7. The molecule has 0 spiro atoms. The molecule has 1 amide bonds. The highest BCUT2D eigenvalue weighted by atomic mass is 32.2. The molecular formula is C10H12N2OS. The second kappa shape index (κ2) is 4.46. The third-order valence-corrected chi connectivity index (χ3v) is 3.17. The van der Waals surface area contributed by atoms with Crippen LogP contribution in [0.15, 0.2) is 24.5 Å². The van der Waals surface area contributed by atoms with E-state index in [4.69, 9.17) is 0 Å². The first kappa shape index (κ1) is 9.52. The van der Waals surface area contributed by atoms with Crippen LogP contribution in [0.3, 0.4) is 0 Å². The summed E-state index contributed by atoms with van der Waals surface area (Å²) in [5, 5.41) is 0. The maximum Gasteiger partial charge on any atom is 0.254 e. The second-order valence-corrected chi connectivity index (χ2v) is 4.37. The van der Waals surface area contributed by atoms with Crippen molar-refractivity contribution >= 4 is 17.7 Å². The summed E-state index contributed by atoms with van der Waals surface area (Å²) in [6.45, 7) is 1.73. The number of pyridine rings is 1. The summed E-state index contributed by atoms with van der Waals surface area (Å²) < 4.78 is 0. The van der Waals surface area contributed by atoms with E-state index in [2.05, 4.69) is 4.98 Å². The Hall–Kier alpha value is -1.03. The zero-order chi connectivity index (χ0) is 9.80. The molecular weight excluding hydrogens is 196 g/mol. The summed E-state index contributed by atoms with van der Waals surface area (Å²) in [6.07, 6.45) is 3.32. The van der Waals surface area contributed by atoms with Crippen LogP contribution in [0.2, 0.25) is 0 Å². The number of rotatable bonds is 1. The van der Waals surface area contributed by atoms with Gasteiger partial charge in [0.2, 0.25) is 0 Å². The van der Waals surface area contributed by atoms with Crippen LogP contribution in [0.4, 0.5) is 0 Å². The van der Waals surface area contributed by atoms with Gasteiger partial charge in [0.05, 0.1) is 0 Å². The number of hydrogen-bond acceptors (Lipinski definition) is 3. The average Bonchev–Trinajstić information content (AvgIpc) is 2.30. The molecule has 4 heteroatoms. The Balaban J connectivity index is 2.07. The molecule has 1 aromatic heterocycles. The number of hydrogen-bond donors (Lipinski definition) is 0. The molecule has 3 nitrogen and oxygen atoms in total. The number of nitrogens with zero attached hydrogens (tertiary/aromatic N) is 2.